The highest BCUT2D eigenvalue weighted by Crippen LogP contribution is 2.24. The maximum absolute atomic E-state index is 12.5. The van der Waals surface area contributed by atoms with E-state index in [9.17, 15) is 9.59 Å². The molecular formula is C18H20N4O3. The first-order chi connectivity index (χ1) is 12.0. The molecule has 0 saturated heterocycles. The lowest BCUT2D eigenvalue weighted by molar-refractivity contribution is -0.120. The summed E-state index contributed by atoms with van der Waals surface area (Å²) in [5.41, 5.74) is 1.58. The van der Waals surface area contributed by atoms with Crippen LogP contribution in [0.1, 0.15) is 36.7 Å². The van der Waals surface area contributed by atoms with Crippen LogP contribution in [0.3, 0.4) is 0 Å². The summed E-state index contributed by atoms with van der Waals surface area (Å²) in [7, 11) is 0. The molecule has 1 aliphatic rings. The first-order valence-corrected chi connectivity index (χ1v) is 8.14. The van der Waals surface area contributed by atoms with Crippen LogP contribution in [0.2, 0.25) is 0 Å². The maximum atomic E-state index is 12.5. The van der Waals surface area contributed by atoms with E-state index < -0.39 is 6.04 Å². The molecule has 0 radical (unpaired) electrons. The van der Waals surface area contributed by atoms with Gasteiger partial charge in [0.05, 0.1) is 18.5 Å². The standard InChI is InChI=1S/C18H20N4O3/c1-11(2)25-16-9-19-8-15(20-16)21-17(23)12(3)22-10-13-6-4-5-7-14(13)18(22)24/h4-9,11-12H,10H2,1-3H3,(H,20,21,23)/t12-/m1/s1. The number of hydrogen-bond acceptors (Lipinski definition) is 5. The molecule has 1 atom stereocenters. The van der Waals surface area contributed by atoms with Crippen molar-refractivity contribution < 1.29 is 14.3 Å². The van der Waals surface area contributed by atoms with Crippen molar-refractivity contribution in [2.24, 2.45) is 0 Å². The SMILES string of the molecule is CC(C)Oc1cncc(NC(=O)[C@@H](C)N2Cc3ccccc3C2=O)n1. The van der Waals surface area contributed by atoms with Gasteiger partial charge in [-0.05, 0) is 32.4 Å². The quantitative estimate of drug-likeness (QED) is 0.902. The lowest BCUT2D eigenvalue weighted by atomic mass is 10.1. The monoisotopic (exact) mass is 340 g/mol. The van der Waals surface area contributed by atoms with Gasteiger partial charge in [-0.2, -0.15) is 4.98 Å². The number of benzene rings is 1. The highest BCUT2D eigenvalue weighted by molar-refractivity contribution is 6.03. The molecule has 2 aromatic rings. The van der Waals surface area contributed by atoms with Crippen molar-refractivity contribution in [2.45, 2.75) is 39.5 Å². The van der Waals surface area contributed by atoms with Crippen LogP contribution in [0.15, 0.2) is 36.7 Å². The van der Waals surface area contributed by atoms with Gasteiger partial charge in [0.2, 0.25) is 11.8 Å². The third-order valence-electron chi connectivity index (χ3n) is 3.92. The topological polar surface area (TPSA) is 84.4 Å². The molecule has 2 amide bonds. The van der Waals surface area contributed by atoms with Crippen LogP contribution >= 0.6 is 0 Å². The molecular weight excluding hydrogens is 320 g/mol. The van der Waals surface area contributed by atoms with Gasteiger partial charge in [-0.3, -0.25) is 14.6 Å². The van der Waals surface area contributed by atoms with Gasteiger partial charge in [-0.25, -0.2) is 0 Å². The largest absolute Gasteiger partial charge is 0.474 e. The minimum Gasteiger partial charge on any atom is -0.474 e. The molecule has 0 saturated carbocycles. The van der Waals surface area contributed by atoms with Crippen molar-refractivity contribution >= 4 is 17.6 Å². The number of nitrogens with one attached hydrogen (secondary N) is 1. The third-order valence-corrected chi connectivity index (χ3v) is 3.92. The predicted octanol–water partition coefficient (Wildman–Crippen LogP) is 2.25. The fourth-order valence-electron chi connectivity index (χ4n) is 2.67. The lowest BCUT2D eigenvalue weighted by Crippen LogP contribution is -2.42. The van der Waals surface area contributed by atoms with Gasteiger partial charge in [0.1, 0.15) is 6.04 Å². The van der Waals surface area contributed by atoms with E-state index in [0.717, 1.165) is 5.56 Å². The summed E-state index contributed by atoms with van der Waals surface area (Å²) in [6.45, 7) is 5.88. The van der Waals surface area contributed by atoms with E-state index >= 15 is 0 Å². The van der Waals surface area contributed by atoms with E-state index in [4.69, 9.17) is 4.74 Å². The highest BCUT2D eigenvalue weighted by Gasteiger charge is 2.33. The smallest absolute Gasteiger partial charge is 0.255 e. The summed E-state index contributed by atoms with van der Waals surface area (Å²) in [6.07, 6.45) is 2.89. The second-order valence-electron chi connectivity index (χ2n) is 6.16. The van der Waals surface area contributed by atoms with E-state index in [0.29, 0.717) is 23.8 Å². The van der Waals surface area contributed by atoms with Gasteiger partial charge in [-0.1, -0.05) is 18.2 Å². The molecule has 0 bridgehead atoms. The van der Waals surface area contributed by atoms with Gasteiger partial charge >= 0.3 is 0 Å². The number of ether oxygens (including phenoxy) is 1. The molecule has 0 fully saturated rings. The molecule has 0 aliphatic carbocycles. The van der Waals surface area contributed by atoms with E-state index in [2.05, 4.69) is 15.3 Å². The van der Waals surface area contributed by atoms with E-state index in [1.807, 2.05) is 32.0 Å². The number of nitrogens with zero attached hydrogens (tertiary/aromatic N) is 3. The van der Waals surface area contributed by atoms with Crippen LogP contribution in [0.4, 0.5) is 5.82 Å². The van der Waals surface area contributed by atoms with E-state index in [1.54, 1.807) is 17.9 Å². The van der Waals surface area contributed by atoms with Crippen molar-refractivity contribution in [3.8, 4) is 5.88 Å². The minimum atomic E-state index is -0.628. The number of aromatic nitrogens is 2. The second kappa shape index (κ2) is 6.88. The van der Waals surface area contributed by atoms with Crippen molar-refractivity contribution in [1.29, 1.82) is 0 Å². The Balaban J connectivity index is 1.69. The van der Waals surface area contributed by atoms with Crippen molar-refractivity contribution in [2.75, 3.05) is 5.32 Å². The Labute approximate surface area is 146 Å². The lowest BCUT2D eigenvalue weighted by Gasteiger charge is -2.23. The summed E-state index contributed by atoms with van der Waals surface area (Å²) in [5.74, 6) is 0.169. The van der Waals surface area contributed by atoms with E-state index in [-0.39, 0.29) is 17.9 Å². The van der Waals surface area contributed by atoms with Crippen molar-refractivity contribution in [3.05, 3.63) is 47.8 Å². The summed E-state index contributed by atoms with van der Waals surface area (Å²) in [4.78, 5) is 34.7. The van der Waals surface area contributed by atoms with E-state index in [1.165, 1.54) is 12.4 Å². The maximum Gasteiger partial charge on any atom is 0.255 e. The first kappa shape index (κ1) is 16.9. The number of fused-ring (bicyclic) bond motifs is 1. The number of amides is 2. The normalized spacial score (nSPS) is 14.4. The number of hydrogen-bond donors (Lipinski definition) is 1. The second-order valence-corrected chi connectivity index (χ2v) is 6.16. The van der Waals surface area contributed by atoms with Gasteiger partial charge in [0.15, 0.2) is 5.82 Å². The Bertz CT molecular complexity index is 806. The number of anilines is 1. The third kappa shape index (κ3) is 3.60. The fourth-order valence-corrected chi connectivity index (χ4v) is 2.67. The Kier molecular flexibility index (Phi) is 4.65. The van der Waals surface area contributed by atoms with Gasteiger partial charge in [0.25, 0.3) is 5.91 Å². The zero-order valence-electron chi connectivity index (χ0n) is 14.4. The van der Waals surface area contributed by atoms with Crippen molar-refractivity contribution in [3.63, 3.8) is 0 Å². The Morgan fingerprint density at radius 2 is 2.00 bits per heavy atom. The first-order valence-electron chi connectivity index (χ1n) is 8.14. The molecule has 1 N–H and O–H groups in total. The zero-order valence-corrected chi connectivity index (χ0v) is 14.4. The average Bonchev–Trinajstić information content (AvgIpc) is 2.91. The zero-order chi connectivity index (χ0) is 18.0. The fraction of sp³-hybridized carbons (Fsp3) is 0.333. The molecule has 3 rings (SSSR count). The summed E-state index contributed by atoms with van der Waals surface area (Å²) in [6, 6.07) is 6.75. The number of carbonyl (C=O) groups is 2. The van der Waals surface area contributed by atoms with Crippen LogP contribution < -0.4 is 10.1 Å². The number of carbonyl (C=O) groups excluding carboxylic acids is 2. The number of rotatable bonds is 5. The Morgan fingerprint density at radius 3 is 2.72 bits per heavy atom. The molecule has 1 aliphatic heterocycles. The Hall–Kier alpha value is -2.96. The summed E-state index contributed by atoms with van der Waals surface area (Å²) >= 11 is 0. The Morgan fingerprint density at radius 1 is 1.24 bits per heavy atom. The van der Waals surface area contributed by atoms with Crippen LogP contribution in [0, 0.1) is 0 Å². The van der Waals surface area contributed by atoms with Gasteiger partial charge in [-0.15, -0.1) is 0 Å². The summed E-state index contributed by atoms with van der Waals surface area (Å²) in [5, 5.41) is 2.69. The molecule has 7 nitrogen and oxygen atoms in total. The highest BCUT2D eigenvalue weighted by atomic mass is 16.5. The predicted molar refractivity (Wildman–Crippen MR) is 92.2 cm³/mol. The molecule has 0 spiro atoms. The summed E-state index contributed by atoms with van der Waals surface area (Å²) < 4.78 is 5.47. The molecule has 25 heavy (non-hydrogen) atoms. The van der Waals surface area contributed by atoms with Crippen LogP contribution in [0.25, 0.3) is 0 Å². The van der Waals surface area contributed by atoms with Crippen LogP contribution in [0.5, 0.6) is 5.88 Å². The average molecular weight is 340 g/mol. The molecule has 2 heterocycles. The molecule has 0 unspecified atom stereocenters. The van der Waals surface area contributed by atoms with Crippen molar-refractivity contribution in [1.82, 2.24) is 14.9 Å². The van der Waals surface area contributed by atoms with Crippen LogP contribution in [-0.2, 0) is 11.3 Å². The molecule has 130 valence electrons. The van der Waals surface area contributed by atoms with Gasteiger partial charge < -0.3 is 15.0 Å². The van der Waals surface area contributed by atoms with Crippen LogP contribution in [-0.4, -0.2) is 38.8 Å². The minimum absolute atomic E-state index is 0.0418. The molecule has 1 aromatic carbocycles. The molecule has 7 heteroatoms. The van der Waals surface area contributed by atoms with Gasteiger partial charge in [0, 0.05) is 12.1 Å². The molecule has 1 aromatic heterocycles.